The Morgan fingerprint density at radius 3 is 2.43 bits per heavy atom. The van der Waals surface area contributed by atoms with E-state index < -0.39 is 23.9 Å². The number of halogens is 1. The maximum atomic E-state index is 13.0. The molecule has 4 nitrogen and oxygen atoms in total. The van der Waals surface area contributed by atoms with Gasteiger partial charge in [0.1, 0.15) is 11.8 Å². The van der Waals surface area contributed by atoms with E-state index in [0.717, 1.165) is 0 Å². The molecule has 2 atom stereocenters. The standard InChI is InChI=1S/C9H17FN2O2/c1-9(2,3)14-8(13)12-4-6(10)7(11)5-12/h6-7H,4-5,11H2,1-3H3/t6-,7?/m0/s1. The van der Waals surface area contributed by atoms with Crippen molar-refractivity contribution in [3.63, 3.8) is 0 Å². The van der Waals surface area contributed by atoms with E-state index >= 15 is 0 Å². The number of hydrogen-bond acceptors (Lipinski definition) is 3. The predicted molar refractivity (Wildman–Crippen MR) is 50.7 cm³/mol. The molecular weight excluding hydrogens is 187 g/mol. The molecule has 1 rings (SSSR count). The van der Waals surface area contributed by atoms with Gasteiger partial charge in [-0.2, -0.15) is 0 Å². The molecule has 1 aliphatic rings. The molecular formula is C9H17FN2O2. The number of likely N-dealkylation sites (tertiary alicyclic amines) is 1. The molecule has 14 heavy (non-hydrogen) atoms. The molecule has 0 saturated carbocycles. The van der Waals surface area contributed by atoms with Gasteiger partial charge in [0.05, 0.1) is 12.6 Å². The monoisotopic (exact) mass is 204 g/mol. The van der Waals surface area contributed by atoms with Crippen LogP contribution in [0.1, 0.15) is 20.8 Å². The quantitative estimate of drug-likeness (QED) is 0.638. The van der Waals surface area contributed by atoms with Gasteiger partial charge in [-0.3, -0.25) is 0 Å². The van der Waals surface area contributed by atoms with E-state index in [0.29, 0.717) is 0 Å². The Labute approximate surface area is 83.2 Å². The fourth-order valence-electron chi connectivity index (χ4n) is 1.26. The lowest BCUT2D eigenvalue weighted by atomic mass is 10.2. The highest BCUT2D eigenvalue weighted by molar-refractivity contribution is 5.68. The summed E-state index contributed by atoms with van der Waals surface area (Å²) < 4.78 is 18.1. The Morgan fingerprint density at radius 1 is 1.50 bits per heavy atom. The van der Waals surface area contributed by atoms with E-state index in [1.807, 2.05) is 0 Å². The number of carbonyl (C=O) groups excluding carboxylic acids is 1. The van der Waals surface area contributed by atoms with Crippen LogP contribution in [0.2, 0.25) is 0 Å². The predicted octanol–water partition coefficient (Wildman–Crippen LogP) is 0.903. The largest absolute Gasteiger partial charge is 0.444 e. The Morgan fingerprint density at radius 2 is 2.07 bits per heavy atom. The third kappa shape index (κ3) is 2.83. The van der Waals surface area contributed by atoms with E-state index in [1.165, 1.54) is 4.90 Å². The van der Waals surface area contributed by atoms with Crippen molar-refractivity contribution in [3.05, 3.63) is 0 Å². The van der Waals surface area contributed by atoms with E-state index in [9.17, 15) is 9.18 Å². The molecule has 0 radical (unpaired) electrons. The lowest BCUT2D eigenvalue weighted by molar-refractivity contribution is 0.0283. The van der Waals surface area contributed by atoms with E-state index in [4.69, 9.17) is 10.5 Å². The van der Waals surface area contributed by atoms with Gasteiger partial charge < -0.3 is 15.4 Å². The van der Waals surface area contributed by atoms with Crippen molar-refractivity contribution in [3.8, 4) is 0 Å². The van der Waals surface area contributed by atoms with Gasteiger partial charge in [0.25, 0.3) is 0 Å². The second-order valence-electron chi connectivity index (χ2n) is 4.57. The summed E-state index contributed by atoms with van der Waals surface area (Å²) in [5.41, 5.74) is 4.90. The Hall–Kier alpha value is -0.840. The molecule has 0 bridgehead atoms. The molecule has 5 heteroatoms. The van der Waals surface area contributed by atoms with Crippen molar-refractivity contribution in [2.24, 2.45) is 5.73 Å². The number of carbonyl (C=O) groups is 1. The first kappa shape index (κ1) is 11.2. The molecule has 1 saturated heterocycles. The highest BCUT2D eigenvalue weighted by atomic mass is 19.1. The van der Waals surface area contributed by atoms with Gasteiger partial charge in [0.15, 0.2) is 0 Å². The van der Waals surface area contributed by atoms with Gasteiger partial charge in [-0.15, -0.1) is 0 Å². The Bertz CT molecular complexity index is 217. The molecule has 0 aromatic carbocycles. The molecule has 0 spiro atoms. The zero-order chi connectivity index (χ0) is 10.9. The van der Waals surface area contributed by atoms with E-state index in [1.54, 1.807) is 20.8 Å². The second-order valence-corrected chi connectivity index (χ2v) is 4.57. The first-order chi connectivity index (χ1) is 6.29. The zero-order valence-corrected chi connectivity index (χ0v) is 8.79. The van der Waals surface area contributed by atoms with Gasteiger partial charge in [0, 0.05) is 6.54 Å². The van der Waals surface area contributed by atoms with Gasteiger partial charge in [-0.25, -0.2) is 9.18 Å². The van der Waals surface area contributed by atoms with Crippen LogP contribution in [0.3, 0.4) is 0 Å². The van der Waals surface area contributed by atoms with Gasteiger partial charge in [0.2, 0.25) is 0 Å². The summed E-state index contributed by atoms with van der Waals surface area (Å²) in [4.78, 5) is 12.7. The van der Waals surface area contributed by atoms with Crippen LogP contribution in [0.15, 0.2) is 0 Å². The van der Waals surface area contributed by atoms with Crippen LogP contribution < -0.4 is 5.73 Å². The number of nitrogens with zero attached hydrogens (tertiary/aromatic N) is 1. The van der Waals surface area contributed by atoms with Crippen molar-refractivity contribution in [1.29, 1.82) is 0 Å². The molecule has 2 N–H and O–H groups in total. The minimum atomic E-state index is -1.14. The summed E-state index contributed by atoms with van der Waals surface area (Å²) >= 11 is 0. The molecule has 0 aromatic heterocycles. The molecule has 1 unspecified atom stereocenters. The number of hydrogen-bond donors (Lipinski definition) is 1. The first-order valence-corrected chi connectivity index (χ1v) is 4.67. The number of nitrogens with two attached hydrogens (primary N) is 1. The number of rotatable bonds is 0. The van der Waals surface area contributed by atoms with Crippen LogP contribution >= 0.6 is 0 Å². The van der Waals surface area contributed by atoms with Crippen molar-refractivity contribution < 1.29 is 13.9 Å². The second kappa shape index (κ2) is 3.73. The minimum absolute atomic E-state index is 0.0378. The lowest BCUT2D eigenvalue weighted by Crippen LogP contribution is -2.36. The SMILES string of the molecule is CC(C)(C)OC(=O)N1CC(N)[C@@H](F)C1. The lowest BCUT2D eigenvalue weighted by Gasteiger charge is -2.24. The normalized spacial score (nSPS) is 27.9. The Balaban J connectivity index is 2.48. The summed E-state index contributed by atoms with van der Waals surface area (Å²) in [6.45, 7) is 5.58. The summed E-state index contributed by atoms with van der Waals surface area (Å²) in [5.74, 6) is 0. The number of alkyl halides is 1. The summed E-state index contributed by atoms with van der Waals surface area (Å²) in [6, 6.07) is -0.581. The molecule has 1 heterocycles. The van der Waals surface area contributed by atoms with E-state index in [2.05, 4.69) is 0 Å². The highest BCUT2D eigenvalue weighted by Gasteiger charge is 2.35. The number of amides is 1. The fourth-order valence-corrected chi connectivity index (χ4v) is 1.26. The van der Waals surface area contributed by atoms with Crippen LogP contribution in [-0.4, -0.2) is 41.9 Å². The summed E-state index contributed by atoms with van der Waals surface area (Å²) in [7, 11) is 0. The first-order valence-electron chi connectivity index (χ1n) is 4.67. The average Bonchev–Trinajstić information content (AvgIpc) is 2.28. The molecule has 1 fully saturated rings. The van der Waals surface area contributed by atoms with Crippen molar-refractivity contribution in [1.82, 2.24) is 4.90 Å². The van der Waals surface area contributed by atoms with Gasteiger partial charge in [-0.1, -0.05) is 0 Å². The van der Waals surface area contributed by atoms with Gasteiger partial charge >= 0.3 is 6.09 Å². The van der Waals surface area contributed by atoms with Crippen LogP contribution in [0.5, 0.6) is 0 Å². The molecule has 82 valence electrons. The number of ether oxygens (including phenoxy) is 1. The van der Waals surface area contributed by atoms with Crippen LogP contribution in [0.25, 0.3) is 0 Å². The molecule has 0 aromatic rings. The molecule has 1 amide bonds. The van der Waals surface area contributed by atoms with Crippen molar-refractivity contribution in [2.75, 3.05) is 13.1 Å². The molecule has 1 aliphatic heterocycles. The third-order valence-corrected chi connectivity index (χ3v) is 1.94. The van der Waals surface area contributed by atoms with Gasteiger partial charge in [-0.05, 0) is 20.8 Å². The third-order valence-electron chi connectivity index (χ3n) is 1.94. The zero-order valence-electron chi connectivity index (χ0n) is 8.79. The van der Waals surface area contributed by atoms with Crippen LogP contribution in [0.4, 0.5) is 9.18 Å². The minimum Gasteiger partial charge on any atom is -0.444 e. The summed E-state index contributed by atoms with van der Waals surface area (Å²) in [6.07, 6.45) is -1.63. The van der Waals surface area contributed by atoms with E-state index in [-0.39, 0.29) is 13.1 Å². The maximum absolute atomic E-state index is 13.0. The smallest absolute Gasteiger partial charge is 0.410 e. The maximum Gasteiger partial charge on any atom is 0.410 e. The summed E-state index contributed by atoms with van der Waals surface area (Å²) in [5, 5.41) is 0. The molecule has 0 aliphatic carbocycles. The van der Waals surface area contributed by atoms with Crippen LogP contribution in [0, 0.1) is 0 Å². The topological polar surface area (TPSA) is 55.6 Å². The van der Waals surface area contributed by atoms with Crippen LogP contribution in [-0.2, 0) is 4.74 Å². The highest BCUT2D eigenvalue weighted by Crippen LogP contribution is 2.16. The fraction of sp³-hybridized carbons (Fsp3) is 0.889. The van der Waals surface area contributed by atoms with Crippen molar-refractivity contribution in [2.45, 2.75) is 38.6 Å². The Kier molecular flexibility index (Phi) is 2.99. The van der Waals surface area contributed by atoms with Crippen molar-refractivity contribution >= 4 is 6.09 Å². The average molecular weight is 204 g/mol.